The lowest BCUT2D eigenvalue weighted by molar-refractivity contribution is -0.137. The zero-order chi connectivity index (χ0) is 14.8. The number of anilines is 1. The molecule has 0 fully saturated rings. The molecule has 1 heterocycles. The summed E-state index contributed by atoms with van der Waals surface area (Å²) >= 11 is 5.74. The number of aromatic nitrogens is 4. The average Bonchev–Trinajstić information content (AvgIpc) is 2.83. The molecule has 1 aromatic heterocycles. The molecule has 0 bridgehead atoms. The molecule has 0 aliphatic rings. The predicted octanol–water partition coefficient (Wildman–Crippen LogP) is 2.05. The number of hydrogen-bond acceptors (Lipinski definition) is 4. The second kappa shape index (κ2) is 5.45. The number of tetrazole rings is 1. The molecule has 0 unspecified atom stereocenters. The molecule has 0 spiro atoms. The van der Waals surface area contributed by atoms with Crippen molar-refractivity contribution in [3.8, 4) is 0 Å². The molecule has 10 heteroatoms. The minimum Gasteiger partial charge on any atom is -0.324 e. The molecule has 0 saturated carbocycles. The van der Waals surface area contributed by atoms with E-state index in [4.69, 9.17) is 11.6 Å². The minimum atomic E-state index is -4.52. The Kier molecular flexibility index (Phi) is 3.89. The van der Waals surface area contributed by atoms with Crippen LogP contribution in [0.4, 0.5) is 18.9 Å². The van der Waals surface area contributed by atoms with Crippen LogP contribution >= 0.6 is 11.6 Å². The van der Waals surface area contributed by atoms with Gasteiger partial charge in [-0.15, -0.1) is 10.2 Å². The van der Waals surface area contributed by atoms with Gasteiger partial charge < -0.3 is 5.32 Å². The molecule has 0 saturated heterocycles. The van der Waals surface area contributed by atoms with Crippen molar-refractivity contribution in [1.29, 1.82) is 0 Å². The van der Waals surface area contributed by atoms with Gasteiger partial charge in [0, 0.05) is 0 Å². The largest absolute Gasteiger partial charge is 0.416 e. The molecule has 1 amide bonds. The van der Waals surface area contributed by atoms with Crippen LogP contribution in [0.2, 0.25) is 5.02 Å². The molecule has 2 N–H and O–H groups in total. The maximum Gasteiger partial charge on any atom is 0.416 e. The maximum atomic E-state index is 12.6. The van der Waals surface area contributed by atoms with E-state index < -0.39 is 17.6 Å². The van der Waals surface area contributed by atoms with Crippen molar-refractivity contribution >= 4 is 23.2 Å². The first-order valence-corrected chi connectivity index (χ1v) is 5.63. The number of benzene rings is 1. The van der Waals surface area contributed by atoms with E-state index >= 15 is 0 Å². The Morgan fingerprint density at radius 1 is 1.40 bits per heavy atom. The van der Waals surface area contributed by atoms with Crippen LogP contribution in [0, 0.1) is 0 Å². The van der Waals surface area contributed by atoms with Crippen molar-refractivity contribution in [3.63, 3.8) is 0 Å². The second-order valence-electron chi connectivity index (χ2n) is 3.75. The van der Waals surface area contributed by atoms with E-state index in [0.29, 0.717) is 0 Å². The normalized spacial score (nSPS) is 11.4. The number of halogens is 4. The lowest BCUT2D eigenvalue weighted by Crippen LogP contribution is -2.16. The number of hydrogen-bond donors (Lipinski definition) is 2. The molecule has 0 radical (unpaired) electrons. The van der Waals surface area contributed by atoms with E-state index in [0.717, 1.165) is 18.2 Å². The van der Waals surface area contributed by atoms with Crippen LogP contribution in [0.25, 0.3) is 0 Å². The lowest BCUT2D eigenvalue weighted by Gasteiger charge is -2.11. The van der Waals surface area contributed by atoms with E-state index in [-0.39, 0.29) is 23.0 Å². The molecule has 2 aromatic rings. The highest BCUT2D eigenvalue weighted by Gasteiger charge is 2.31. The number of nitrogens with zero attached hydrogens (tertiary/aromatic N) is 3. The summed E-state index contributed by atoms with van der Waals surface area (Å²) in [5.41, 5.74) is -1.04. The first kappa shape index (κ1) is 14.3. The highest BCUT2D eigenvalue weighted by Crippen LogP contribution is 2.33. The summed E-state index contributed by atoms with van der Waals surface area (Å²) in [4.78, 5) is 11.6. The number of amides is 1. The van der Waals surface area contributed by atoms with Gasteiger partial charge in [-0.25, -0.2) is 0 Å². The number of carbonyl (C=O) groups excluding carboxylic acids is 1. The quantitative estimate of drug-likeness (QED) is 0.909. The van der Waals surface area contributed by atoms with Gasteiger partial charge in [0.15, 0.2) is 5.82 Å². The standard InChI is InChI=1S/C10H7ClF3N5O/c11-6-2-1-5(10(12,13)14)3-7(6)15-9(20)4-8-16-18-19-17-8/h1-3H,4H2,(H,15,20)(H,16,17,18,19). The van der Waals surface area contributed by atoms with Crippen molar-refractivity contribution < 1.29 is 18.0 Å². The number of rotatable bonds is 3. The third-order valence-corrected chi connectivity index (χ3v) is 2.61. The number of H-pyrrole nitrogens is 1. The highest BCUT2D eigenvalue weighted by molar-refractivity contribution is 6.33. The van der Waals surface area contributed by atoms with E-state index in [1.165, 1.54) is 0 Å². The number of carbonyl (C=O) groups is 1. The summed E-state index contributed by atoms with van der Waals surface area (Å²) in [5.74, 6) is -0.488. The van der Waals surface area contributed by atoms with Gasteiger partial charge in [-0.2, -0.15) is 18.4 Å². The molecule has 0 atom stereocenters. The maximum absolute atomic E-state index is 12.6. The van der Waals surface area contributed by atoms with Crippen LogP contribution in [0.15, 0.2) is 18.2 Å². The summed E-state index contributed by atoms with van der Waals surface area (Å²) in [7, 11) is 0. The summed E-state index contributed by atoms with van der Waals surface area (Å²) in [5, 5.41) is 14.8. The highest BCUT2D eigenvalue weighted by atomic mass is 35.5. The number of nitrogens with one attached hydrogen (secondary N) is 2. The predicted molar refractivity (Wildman–Crippen MR) is 63.0 cm³/mol. The molecule has 1 aromatic carbocycles. The zero-order valence-electron chi connectivity index (χ0n) is 9.70. The van der Waals surface area contributed by atoms with Gasteiger partial charge in [-0.1, -0.05) is 16.8 Å². The Bertz CT molecular complexity index is 614. The Morgan fingerprint density at radius 2 is 2.15 bits per heavy atom. The van der Waals surface area contributed by atoms with Crippen LogP contribution in [-0.2, 0) is 17.4 Å². The molecule has 20 heavy (non-hydrogen) atoms. The summed E-state index contributed by atoms with van der Waals surface area (Å²) < 4.78 is 37.7. The second-order valence-corrected chi connectivity index (χ2v) is 4.15. The molecular weight excluding hydrogens is 299 g/mol. The minimum absolute atomic E-state index is 0.000498. The fourth-order valence-corrected chi connectivity index (χ4v) is 1.56. The van der Waals surface area contributed by atoms with E-state index in [2.05, 4.69) is 25.9 Å². The van der Waals surface area contributed by atoms with E-state index in [1.54, 1.807) is 0 Å². The SMILES string of the molecule is O=C(Cc1nn[nH]n1)Nc1cc(C(F)(F)F)ccc1Cl. The van der Waals surface area contributed by atoms with Gasteiger partial charge in [-0.3, -0.25) is 4.79 Å². The zero-order valence-corrected chi connectivity index (χ0v) is 10.5. The summed E-state index contributed by atoms with van der Waals surface area (Å²) in [6.07, 6.45) is -4.75. The van der Waals surface area contributed by atoms with Gasteiger partial charge in [-0.05, 0) is 18.2 Å². The third-order valence-electron chi connectivity index (χ3n) is 2.28. The molecule has 0 aliphatic heterocycles. The molecular formula is C10H7ClF3N5O. The first-order valence-electron chi connectivity index (χ1n) is 5.25. The van der Waals surface area contributed by atoms with Crippen molar-refractivity contribution in [1.82, 2.24) is 20.6 Å². The average molecular weight is 306 g/mol. The van der Waals surface area contributed by atoms with E-state index in [9.17, 15) is 18.0 Å². The smallest absolute Gasteiger partial charge is 0.324 e. The molecule has 106 valence electrons. The Morgan fingerprint density at radius 3 is 2.75 bits per heavy atom. The van der Waals surface area contributed by atoms with Crippen LogP contribution in [0.3, 0.4) is 0 Å². The number of alkyl halides is 3. The van der Waals surface area contributed by atoms with Crippen LogP contribution in [0.5, 0.6) is 0 Å². The molecule has 0 aliphatic carbocycles. The van der Waals surface area contributed by atoms with Crippen molar-refractivity contribution in [2.24, 2.45) is 0 Å². The van der Waals surface area contributed by atoms with Crippen molar-refractivity contribution in [2.75, 3.05) is 5.32 Å². The number of aromatic amines is 1. The van der Waals surface area contributed by atoms with Gasteiger partial charge in [0.25, 0.3) is 0 Å². The Labute approximate surface area is 115 Å². The molecule has 6 nitrogen and oxygen atoms in total. The summed E-state index contributed by atoms with van der Waals surface area (Å²) in [6, 6.07) is 2.65. The Balaban J connectivity index is 2.14. The third kappa shape index (κ3) is 3.44. The molecule has 2 rings (SSSR count). The van der Waals surface area contributed by atoms with Crippen molar-refractivity contribution in [3.05, 3.63) is 34.6 Å². The van der Waals surface area contributed by atoms with Crippen LogP contribution in [0.1, 0.15) is 11.4 Å². The lowest BCUT2D eigenvalue weighted by atomic mass is 10.2. The van der Waals surface area contributed by atoms with Crippen molar-refractivity contribution in [2.45, 2.75) is 12.6 Å². The Hall–Kier alpha value is -2.16. The first-order chi connectivity index (χ1) is 9.36. The fraction of sp³-hybridized carbons (Fsp3) is 0.200. The van der Waals surface area contributed by atoms with Gasteiger partial charge in [0.2, 0.25) is 5.91 Å². The van der Waals surface area contributed by atoms with Crippen LogP contribution < -0.4 is 5.32 Å². The van der Waals surface area contributed by atoms with E-state index in [1.807, 2.05) is 0 Å². The van der Waals surface area contributed by atoms with Gasteiger partial charge >= 0.3 is 6.18 Å². The van der Waals surface area contributed by atoms with Gasteiger partial charge in [0.1, 0.15) is 0 Å². The summed E-state index contributed by atoms with van der Waals surface area (Å²) in [6.45, 7) is 0. The monoisotopic (exact) mass is 305 g/mol. The van der Waals surface area contributed by atoms with Crippen LogP contribution in [-0.4, -0.2) is 26.5 Å². The van der Waals surface area contributed by atoms with Gasteiger partial charge in [0.05, 0.1) is 22.7 Å². The topological polar surface area (TPSA) is 83.6 Å². The fourth-order valence-electron chi connectivity index (χ4n) is 1.39.